The van der Waals surface area contributed by atoms with Crippen molar-refractivity contribution < 1.29 is 9.90 Å². The maximum absolute atomic E-state index is 10.7. The van der Waals surface area contributed by atoms with E-state index in [1.165, 1.54) is 16.0 Å². The Morgan fingerprint density at radius 1 is 1.05 bits per heavy atom. The van der Waals surface area contributed by atoms with Crippen molar-refractivity contribution in [3.8, 4) is 11.1 Å². The van der Waals surface area contributed by atoms with Gasteiger partial charge in [-0.25, -0.2) is 4.79 Å². The maximum atomic E-state index is 10.7. The fourth-order valence-corrected chi connectivity index (χ4v) is 3.05. The fraction of sp³-hybridized carbons (Fsp3) is 0.167. The van der Waals surface area contributed by atoms with Gasteiger partial charge < -0.3 is 5.11 Å². The Hall–Kier alpha value is -2.00. The molecule has 0 spiro atoms. The molecule has 2 aromatic carbocycles. The second-order valence-corrected chi connectivity index (χ2v) is 5.86. The van der Waals surface area contributed by atoms with Crippen molar-refractivity contribution >= 4 is 17.7 Å². The van der Waals surface area contributed by atoms with Crippen LogP contribution in [0.1, 0.15) is 12.8 Å². The zero-order chi connectivity index (χ0) is 15.1. The topological polar surface area (TPSA) is 37.3 Å². The molecule has 0 amide bonds. The predicted molar refractivity (Wildman–Crippen MR) is 88.6 cm³/mol. The number of carbonyl (C=O) groups is 1. The Morgan fingerprint density at radius 3 is 2.43 bits per heavy atom. The molecular formula is C18H18O2S. The number of hydrogen-bond acceptors (Lipinski definition) is 2. The molecule has 0 fully saturated rings. The molecule has 0 aliphatic heterocycles. The van der Waals surface area contributed by atoms with Crippen LogP contribution in [0.5, 0.6) is 0 Å². The Kier molecular flexibility index (Phi) is 5.64. The lowest BCUT2D eigenvalue weighted by Gasteiger charge is -2.09. The van der Waals surface area contributed by atoms with Crippen LogP contribution in [0.2, 0.25) is 0 Å². The monoisotopic (exact) mass is 298 g/mol. The van der Waals surface area contributed by atoms with Gasteiger partial charge in [0.25, 0.3) is 0 Å². The van der Waals surface area contributed by atoms with E-state index in [1.54, 1.807) is 11.8 Å². The van der Waals surface area contributed by atoms with E-state index in [1.807, 2.05) is 30.3 Å². The first-order valence-electron chi connectivity index (χ1n) is 6.87. The molecule has 0 aliphatic rings. The van der Waals surface area contributed by atoms with Gasteiger partial charge in [0.05, 0.1) is 0 Å². The number of carboxylic acids is 1. The highest BCUT2D eigenvalue weighted by molar-refractivity contribution is 7.99. The number of rotatable bonds is 7. The third kappa shape index (κ3) is 4.50. The van der Waals surface area contributed by atoms with E-state index in [2.05, 4.69) is 30.8 Å². The quantitative estimate of drug-likeness (QED) is 0.450. The fourth-order valence-electron chi connectivity index (χ4n) is 2.02. The van der Waals surface area contributed by atoms with E-state index in [0.717, 1.165) is 12.2 Å². The van der Waals surface area contributed by atoms with E-state index >= 15 is 0 Å². The molecule has 0 saturated carbocycles. The Morgan fingerprint density at radius 2 is 1.71 bits per heavy atom. The van der Waals surface area contributed by atoms with Gasteiger partial charge in [0.1, 0.15) is 0 Å². The number of aliphatic carboxylic acids is 1. The van der Waals surface area contributed by atoms with E-state index in [9.17, 15) is 4.79 Å². The Balaban J connectivity index is 1.98. The number of thioether (sulfide) groups is 1. The summed E-state index contributed by atoms with van der Waals surface area (Å²) >= 11 is 1.76. The van der Waals surface area contributed by atoms with Crippen molar-refractivity contribution in [2.75, 3.05) is 5.75 Å². The molecule has 0 saturated heterocycles. The van der Waals surface area contributed by atoms with Crippen molar-refractivity contribution in [1.29, 1.82) is 0 Å². The smallest absolute Gasteiger partial charge is 0.330 e. The van der Waals surface area contributed by atoms with Gasteiger partial charge in [-0.05, 0) is 35.8 Å². The van der Waals surface area contributed by atoms with Gasteiger partial charge >= 0.3 is 5.97 Å². The van der Waals surface area contributed by atoms with Crippen LogP contribution in [0.3, 0.4) is 0 Å². The molecule has 3 heteroatoms. The third-order valence-electron chi connectivity index (χ3n) is 3.15. The standard InChI is InChI=1S/C18H18O2S/c1-14(18(19)20)8-7-13-21-17-12-6-5-11-16(17)15-9-3-2-4-10-15/h2-6,9-12H,1,7-8,13H2,(H,19,20). The molecular weight excluding hydrogens is 280 g/mol. The minimum absolute atomic E-state index is 0.284. The van der Waals surface area contributed by atoms with E-state index in [4.69, 9.17) is 5.11 Å². The molecule has 21 heavy (non-hydrogen) atoms. The average molecular weight is 298 g/mol. The summed E-state index contributed by atoms with van der Waals surface area (Å²) in [4.78, 5) is 11.9. The largest absolute Gasteiger partial charge is 0.478 e. The summed E-state index contributed by atoms with van der Waals surface area (Å²) in [6.45, 7) is 3.56. The summed E-state index contributed by atoms with van der Waals surface area (Å²) < 4.78 is 0. The van der Waals surface area contributed by atoms with Gasteiger partial charge in [0.2, 0.25) is 0 Å². The molecule has 2 aromatic rings. The second kappa shape index (κ2) is 7.70. The molecule has 0 atom stereocenters. The summed E-state index contributed by atoms with van der Waals surface area (Å²) in [5.41, 5.74) is 2.71. The molecule has 0 unspecified atom stereocenters. The van der Waals surface area contributed by atoms with Crippen LogP contribution in [0.15, 0.2) is 71.6 Å². The summed E-state index contributed by atoms with van der Waals surface area (Å²) in [6, 6.07) is 18.6. The highest BCUT2D eigenvalue weighted by atomic mass is 32.2. The van der Waals surface area contributed by atoms with Gasteiger partial charge in [0, 0.05) is 10.5 Å². The van der Waals surface area contributed by atoms with Crippen molar-refractivity contribution in [3.05, 3.63) is 66.7 Å². The number of hydrogen-bond donors (Lipinski definition) is 1. The van der Waals surface area contributed by atoms with Crippen LogP contribution in [-0.4, -0.2) is 16.8 Å². The minimum atomic E-state index is -0.898. The van der Waals surface area contributed by atoms with Crippen molar-refractivity contribution in [3.63, 3.8) is 0 Å². The van der Waals surface area contributed by atoms with Crippen LogP contribution in [-0.2, 0) is 4.79 Å². The predicted octanol–water partition coefficient (Wildman–Crippen LogP) is 4.87. The molecule has 2 rings (SSSR count). The van der Waals surface area contributed by atoms with Crippen LogP contribution in [0.25, 0.3) is 11.1 Å². The van der Waals surface area contributed by atoms with Gasteiger partial charge in [-0.3, -0.25) is 0 Å². The van der Waals surface area contributed by atoms with Crippen LogP contribution in [0, 0.1) is 0 Å². The average Bonchev–Trinajstić information content (AvgIpc) is 2.52. The van der Waals surface area contributed by atoms with Crippen molar-refractivity contribution in [2.45, 2.75) is 17.7 Å². The highest BCUT2D eigenvalue weighted by Gasteiger charge is 2.06. The molecule has 108 valence electrons. The van der Waals surface area contributed by atoms with Crippen molar-refractivity contribution in [2.24, 2.45) is 0 Å². The molecule has 2 nitrogen and oxygen atoms in total. The molecule has 0 aromatic heterocycles. The normalized spacial score (nSPS) is 10.3. The lowest BCUT2D eigenvalue weighted by Crippen LogP contribution is -1.99. The highest BCUT2D eigenvalue weighted by Crippen LogP contribution is 2.31. The van der Waals surface area contributed by atoms with Crippen LogP contribution >= 0.6 is 11.8 Å². The summed E-state index contributed by atoms with van der Waals surface area (Å²) in [7, 11) is 0. The van der Waals surface area contributed by atoms with E-state index in [-0.39, 0.29) is 5.57 Å². The molecule has 0 heterocycles. The third-order valence-corrected chi connectivity index (χ3v) is 4.31. The first kappa shape index (κ1) is 15.4. The minimum Gasteiger partial charge on any atom is -0.478 e. The van der Waals surface area contributed by atoms with Crippen LogP contribution < -0.4 is 0 Å². The lowest BCUT2D eigenvalue weighted by atomic mass is 10.1. The van der Waals surface area contributed by atoms with E-state index in [0.29, 0.717) is 6.42 Å². The summed E-state index contributed by atoms with van der Waals surface area (Å²) in [6.07, 6.45) is 1.36. The zero-order valence-corrected chi connectivity index (χ0v) is 12.6. The van der Waals surface area contributed by atoms with Crippen LogP contribution in [0.4, 0.5) is 0 Å². The molecule has 0 bridgehead atoms. The summed E-state index contributed by atoms with van der Waals surface area (Å²) in [5, 5.41) is 8.78. The molecule has 0 aliphatic carbocycles. The summed E-state index contributed by atoms with van der Waals surface area (Å²) in [5.74, 6) is -0.0134. The van der Waals surface area contributed by atoms with Crippen molar-refractivity contribution in [1.82, 2.24) is 0 Å². The second-order valence-electron chi connectivity index (χ2n) is 4.72. The van der Waals surface area contributed by atoms with E-state index < -0.39 is 5.97 Å². The first-order chi connectivity index (χ1) is 10.2. The number of benzene rings is 2. The first-order valence-corrected chi connectivity index (χ1v) is 7.85. The molecule has 0 radical (unpaired) electrons. The molecule has 1 N–H and O–H groups in total. The lowest BCUT2D eigenvalue weighted by molar-refractivity contribution is -0.132. The van der Waals surface area contributed by atoms with Gasteiger partial charge in [-0.15, -0.1) is 11.8 Å². The Labute approximate surface area is 129 Å². The SMILES string of the molecule is C=C(CCCSc1ccccc1-c1ccccc1)C(=O)O. The Bertz CT molecular complexity index is 620. The van der Waals surface area contributed by atoms with Gasteiger partial charge in [-0.2, -0.15) is 0 Å². The maximum Gasteiger partial charge on any atom is 0.330 e. The van der Waals surface area contributed by atoms with Gasteiger partial charge in [-0.1, -0.05) is 55.1 Å². The number of carboxylic acid groups (broad SMARTS) is 1. The van der Waals surface area contributed by atoms with Gasteiger partial charge in [0.15, 0.2) is 0 Å². The zero-order valence-electron chi connectivity index (χ0n) is 11.8.